The van der Waals surface area contributed by atoms with Gasteiger partial charge in [0.15, 0.2) is 0 Å². The van der Waals surface area contributed by atoms with Crippen molar-refractivity contribution in [1.29, 1.82) is 0 Å². The Bertz CT molecular complexity index is 719. The van der Waals surface area contributed by atoms with Gasteiger partial charge in [0.1, 0.15) is 0 Å². The van der Waals surface area contributed by atoms with Crippen molar-refractivity contribution in [3.8, 4) is 0 Å². The fourth-order valence-electron chi connectivity index (χ4n) is 2.38. The van der Waals surface area contributed by atoms with Gasteiger partial charge in [-0.1, -0.05) is 30.3 Å². The van der Waals surface area contributed by atoms with Crippen molar-refractivity contribution in [2.75, 3.05) is 6.26 Å². The number of carbonyl (C=O) groups excluding carboxylic acids is 1. The molecule has 0 saturated carbocycles. The minimum Gasteiger partial charge on any atom is -0.350 e. The third kappa shape index (κ3) is 4.83. The van der Waals surface area contributed by atoms with E-state index in [0.29, 0.717) is 10.5 Å². The Hall–Kier alpha value is -2.34. The molecule has 0 radical (unpaired) electrons. The van der Waals surface area contributed by atoms with E-state index in [2.05, 4.69) is 17.4 Å². The van der Waals surface area contributed by atoms with Crippen LogP contribution in [0.3, 0.4) is 0 Å². The van der Waals surface area contributed by atoms with Gasteiger partial charge < -0.3 is 5.32 Å². The number of carbonyl (C=O) groups is 1. The molecule has 1 N–H and O–H groups in total. The first-order chi connectivity index (χ1) is 11.5. The molecule has 2 aromatic rings. The third-order valence-electron chi connectivity index (χ3n) is 3.72. The number of hydrogen-bond acceptors (Lipinski definition) is 4. The highest BCUT2D eigenvalue weighted by Crippen LogP contribution is 2.28. The van der Waals surface area contributed by atoms with Crippen LogP contribution in [0.25, 0.3) is 0 Å². The van der Waals surface area contributed by atoms with Crippen LogP contribution < -0.4 is 5.32 Å². The summed E-state index contributed by atoms with van der Waals surface area (Å²) in [5.41, 5.74) is 1.50. The number of amides is 1. The van der Waals surface area contributed by atoms with E-state index in [0.717, 1.165) is 12.8 Å². The van der Waals surface area contributed by atoms with Crippen LogP contribution in [0.5, 0.6) is 0 Å². The summed E-state index contributed by atoms with van der Waals surface area (Å²) in [6.45, 7) is 1.94. The summed E-state index contributed by atoms with van der Waals surface area (Å²) in [5.74, 6) is -0.286. The van der Waals surface area contributed by atoms with Crippen LogP contribution in [0.4, 0.5) is 5.69 Å². The van der Waals surface area contributed by atoms with E-state index in [9.17, 15) is 14.9 Å². The first kappa shape index (κ1) is 18.0. The van der Waals surface area contributed by atoms with Crippen LogP contribution in [0.2, 0.25) is 0 Å². The minimum absolute atomic E-state index is 0.0167. The lowest BCUT2D eigenvalue weighted by Crippen LogP contribution is -2.32. The summed E-state index contributed by atoms with van der Waals surface area (Å²) in [6.07, 6.45) is 3.45. The summed E-state index contributed by atoms with van der Waals surface area (Å²) in [5, 5.41) is 14.0. The maximum Gasteiger partial charge on any atom is 0.283 e. The van der Waals surface area contributed by atoms with Gasteiger partial charge in [-0.15, -0.1) is 11.8 Å². The molecule has 1 amide bonds. The maximum absolute atomic E-state index is 12.3. The Labute approximate surface area is 145 Å². The predicted octanol–water partition coefficient (Wildman–Crippen LogP) is 4.07. The number of aryl methyl sites for hydroxylation is 1. The molecule has 0 aromatic heterocycles. The second-order valence-electron chi connectivity index (χ2n) is 5.54. The molecule has 2 aromatic carbocycles. The number of nitro benzene ring substituents is 1. The van der Waals surface area contributed by atoms with Crippen molar-refractivity contribution in [1.82, 2.24) is 5.32 Å². The van der Waals surface area contributed by atoms with E-state index in [1.807, 2.05) is 25.1 Å². The lowest BCUT2D eigenvalue weighted by Gasteiger charge is -2.14. The number of hydrogen-bond donors (Lipinski definition) is 1. The van der Waals surface area contributed by atoms with Crippen LogP contribution >= 0.6 is 11.8 Å². The smallest absolute Gasteiger partial charge is 0.283 e. The second-order valence-corrected chi connectivity index (χ2v) is 6.39. The number of nitrogens with zero attached hydrogens (tertiary/aromatic N) is 1. The van der Waals surface area contributed by atoms with Gasteiger partial charge in [0.05, 0.1) is 9.82 Å². The number of nitro groups is 1. The lowest BCUT2D eigenvalue weighted by atomic mass is 10.1. The van der Waals surface area contributed by atoms with Crippen LogP contribution in [-0.4, -0.2) is 23.1 Å². The zero-order chi connectivity index (χ0) is 17.5. The van der Waals surface area contributed by atoms with Crippen LogP contribution in [0.15, 0.2) is 53.4 Å². The summed E-state index contributed by atoms with van der Waals surface area (Å²) < 4.78 is 0. The molecule has 0 aliphatic carbocycles. The normalized spacial score (nSPS) is 11.8. The fourth-order valence-corrected chi connectivity index (χ4v) is 2.93. The Morgan fingerprint density at radius 1 is 1.25 bits per heavy atom. The molecule has 0 aliphatic rings. The molecule has 0 bridgehead atoms. The standard InChI is InChI=1S/C18H20N2O3S/c1-13(8-9-14-6-4-3-5-7-14)19-18(21)15-10-11-17(24-2)16(12-15)20(22)23/h3-7,10-13H,8-9H2,1-2H3,(H,19,21)/t13-/m0/s1. The van der Waals surface area contributed by atoms with Gasteiger partial charge in [-0.2, -0.15) is 0 Å². The monoisotopic (exact) mass is 344 g/mol. The minimum atomic E-state index is -0.457. The average molecular weight is 344 g/mol. The molecular formula is C18H20N2O3S. The maximum atomic E-state index is 12.3. The van der Waals surface area contributed by atoms with Gasteiger partial charge in [-0.3, -0.25) is 14.9 Å². The molecule has 2 rings (SSSR count). The molecule has 1 atom stereocenters. The number of rotatable bonds is 7. The van der Waals surface area contributed by atoms with E-state index >= 15 is 0 Å². The quantitative estimate of drug-likeness (QED) is 0.467. The molecular weight excluding hydrogens is 324 g/mol. The molecule has 0 unspecified atom stereocenters. The Balaban J connectivity index is 1.98. The second kappa shape index (κ2) is 8.49. The topological polar surface area (TPSA) is 72.2 Å². The molecule has 0 saturated heterocycles. The molecule has 126 valence electrons. The Morgan fingerprint density at radius 2 is 1.96 bits per heavy atom. The summed E-state index contributed by atoms with van der Waals surface area (Å²) in [7, 11) is 0. The van der Waals surface area contributed by atoms with E-state index in [-0.39, 0.29) is 17.6 Å². The molecule has 0 aliphatic heterocycles. The highest BCUT2D eigenvalue weighted by atomic mass is 32.2. The van der Waals surface area contributed by atoms with Crippen molar-refractivity contribution in [2.45, 2.75) is 30.7 Å². The van der Waals surface area contributed by atoms with Crippen molar-refractivity contribution >= 4 is 23.4 Å². The molecule has 0 fully saturated rings. The number of nitrogens with one attached hydrogen (secondary N) is 1. The molecule has 0 heterocycles. The SMILES string of the molecule is CSc1ccc(C(=O)N[C@@H](C)CCc2ccccc2)cc1[N+](=O)[O-]. The van der Waals surface area contributed by atoms with E-state index in [4.69, 9.17) is 0 Å². The average Bonchev–Trinajstić information content (AvgIpc) is 2.60. The van der Waals surface area contributed by atoms with Gasteiger partial charge in [-0.05, 0) is 43.7 Å². The first-order valence-electron chi connectivity index (χ1n) is 7.68. The summed E-state index contributed by atoms with van der Waals surface area (Å²) in [4.78, 5) is 23.5. The van der Waals surface area contributed by atoms with Crippen molar-refractivity contribution in [2.24, 2.45) is 0 Å². The molecule has 6 heteroatoms. The van der Waals surface area contributed by atoms with Crippen molar-refractivity contribution < 1.29 is 9.72 Å². The summed E-state index contributed by atoms with van der Waals surface area (Å²) >= 11 is 1.29. The van der Waals surface area contributed by atoms with Crippen molar-refractivity contribution in [3.05, 3.63) is 69.8 Å². The fraction of sp³-hybridized carbons (Fsp3) is 0.278. The van der Waals surface area contributed by atoms with Crippen molar-refractivity contribution in [3.63, 3.8) is 0 Å². The third-order valence-corrected chi connectivity index (χ3v) is 4.51. The van der Waals surface area contributed by atoms with Crippen LogP contribution in [0, 0.1) is 10.1 Å². The molecule has 24 heavy (non-hydrogen) atoms. The Morgan fingerprint density at radius 3 is 2.58 bits per heavy atom. The van der Waals surface area contributed by atoms with E-state index in [1.54, 1.807) is 18.4 Å². The highest BCUT2D eigenvalue weighted by molar-refractivity contribution is 7.98. The number of thioether (sulfide) groups is 1. The van der Waals surface area contributed by atoms with Crippen LogP contribution in [0.1, 0.15) is 29.3 Å². The van der Waals surface area contributed by atoms with Gasteiger partial charge in [0.25, 0.3) is 11.6 Å². The zero-order valence-corrected chi connectivity index (χ0v) is 14.5. The highest BCUT2D eigenvalue weighted by Gasteiger charge is 2.18. The first-order valence-corrected chi connectivity index (χ1v) is 8.91. The zero-order valence-electron chi connectivity index (χ0n) is 13.7. The lowest BCUT2D eigenvalue weighted by molar-refractivity contribution is -0.387. The van der Waals surface area contributed by atoms with Gasteiger partial charge in [0.2, 0.25) is 0 Å². The molecule has 5 nitrogen and oxygen atoms in total. The largest absolute Gasteiger partial charge is 0.350 e. The number of benzene rings is 2. The van der Waals surface area contributed by atoms with Crippen LogP contribution in [-0.2, 0) is 6.42 Å². The van der Waals surface area contributed by atoms with E-state index < -0.39 is 4.92 Å². The Kier molecular flexibility index (Phi) is 6.37. The van der Waals surface area contributed by atoms with Gasteiger partial charge in [-0.25, -0.2) is 0 Å². The molecule has 0 spiro atoms. The van der Waals surface area contributed by atoms with Gasteiger partial charge >= 0.3 is 0 Å². The predicted molar refractivity (Wildman–Crippen MR) is 96.6 cm³/mol. The van der Waals surface area contributed by atoms with Gasteiger partial charge in [0, 0.05) is 17.7 Å². The van der Waals surface area contributed by atoms with E-state index in [1.165, 1.54) is 23.4 Å². The summed E-state index contributed by atoms with van der Waals surface area (Å²) in [6, 6.07) is 14.6.